The fourth-order valence-electron chi connectivity index (χ4n) is 4.40. The lowest BCUT2D eigenvalue weighted by atomic mass is 10.00. The highest BCUT2D eigenvalue weighted by molar-refractivity contribution is 8.14. The predicted octanol–water partition coefficient (Wildman–Crippen LogP) is 3.24. The van der Waals surface area contributed by atoms with E-state index in [2.05, 4.69) is 56.3 Å². The zero-order chi connectivity index (χ0) is 22.8. The minimum atomic E-state index is -0.0379. The van der Waals surface area contributed by atoms with Crippen LogP contribution < -0.4 is 20.9 Å². The minimum absolute atomic E-state index is 0.0255. The van der Waals surface area contributed by atoms with Gasteiger partial charge in [-0.15, -0.1) is 0 Å². The highest BCUT2D eigenvalue weighted by atomic mass is 32.2. The number of amides is 1. The van der Waals surface area contributed by atoms with Crippen molar-refractivity contribution in [2.24, 2.45) is 5.10 Å². The molecule has 0 aromatic heterocycles. The van der Waals surface area contributed by atoms with E-state index >= 15 is 0 Å². The summed E-state index contributed by atoms with van der Waals surface area (Å²) in [5.74, 6) is 1.12. The molecule has 3 atom stereocenters. The van der Waals surface area contributed by atoms with Crippen molar-refractivity contribution in [2.45, 2.75) is 38.0 Å². The molecule has 5 rings (SSSR count). The predicted molar refractivity (Wildman–Crippen MR) is 131 cm³/mol. The molecule has 0 bridgehead atoms. The molecule has 0 radical (unpaired) electrons. The molecule has 172 valence electrons. The van der Waals surface area contributed by atoms with Crippen molar-refractivity contribution in [1.82, 2.24) is 20.8 Å². The van der Waals surface area contributed by atoms with Crippen LogP contribution in [-0.4, -0.2) is 46.1 Å². The molecule has 1 amide bonds. The van der Waals surface area contributed by atoms with Gasteiger partial charge in [-0.3, -0.25) is 10.2 Å². The van der Waals surface area contributed by atoms with E-state index in [-0.39, 0.29) is 24.2 Å². The molecule has 3 aliphatic heterocycles. The van der Waals surface area contributed by atoms with Crippen molar-refractivity contribution in [3.63, 3.8) is 0 Å². The van der Waals surface area contributed by atoms with E-state index in [1.54, 1.807) is 7.11 Å². The largest absolute Gasteiger partial charge is 0.497 e. The second-order valence-corrected chi connectivity index (χ2v) is 9.17. The summed E-state index contributed by atoms with van der Waals surface area (Å²) in [6.07, 6.45) is 5.96. The van der Waals surface area contributed by atoms with Gasteiger partial charge in [0.05, 0.1) is 24.9 Å². The summed E-state index contributed by atoms with van der Waals surface area (Å²) in [5.41, 5.74) is 10.1. The third-order valence-electron chi connectivity index (χ3n) is 6.17. The third-order valence-corrected chi connectivity index (χ3v) is 7.14. The molecule has 33 heavy (non-hydrogen) atoms. The number of hydrazine groups is 1. The monoisotopic (exact) mass is 464 g/mol. The lowest BCUT2D eigenvalue weighted by Gasteiger charge is -2.36. The number of benzene rings is 2. The van der Waals surface area contributed by atoms with E-state index < -0.39 is 0 Å². The average molecular weight is 465 g/mol. The molecule has 1 fully saturated rings. The average Bonchev–Trinajstić information content (AvgIpc) is 3.47. The molecular weight excluding hydrogens is 436 g/mol. The Bertz CT molecular complexity index is 1070. The zero-order valence-corrected chi connectivity index (χ0v) is 19.5. The molecule has 3 N–H and O–H groups in total. The Hall–Kier alpha value is -3.17. The van der Waals surface area contributed by atoms with Gasteiger partial charge in [-0.2, -0.15) is 5.10 Å². The molecule has 8 nitrogen and oxygen atoms in total. The van der Waals surface area contributed by atoms with Crippen molar-refractivity contribution < 1.29 is 9.53 Å². The number of carbonyl (C=O) groups is 1. The van der Waals surface area contributed by atoms with E-state index in [4.69, 9.17) is 4.74 Å². The molecular formula is C24H28N6O2S. The quantitative estimate of drug-likeness (QED) is 0.606. The number of hydrogen-bond acceptors (Lipinski definition) is 8. The maximum absolute atomic E-state index is 12.5. The molecule has 3 heterocycles. The second kappa shape index (κ2) is 9.36. The molecule has 0 spiro atoms. The van der Waals surface area contributed by atoms with E-state index in [1.165, 1.54) is 22.9 Å². The van der Waals surface area contributed by atoms with E-state index in [9.17, 15) is 4.79 Å². The van der Waals surface area contributed by atoms with Gasteiger partial charge in [-0.25, -0.2) is 5.43 Å². The summed E-state index contributed by atoms with van der Waals surface area (Å²) in [6.45, 7) is 2.10. The number of hydrogen-bond donors (Lipinski definition) is 3. The molecule has 9 heteroatoms. The van der Waals surface area contributed by atoms with E-state index in [0.717, 1.165) is 29.4 Å². The number of fused-ring (bicyclic) bond motifs is 3. The Balaban J connectivity index is 1.17. The standard InChI is InChI=1S/C24H28N6O2S/c1-3-16-5-4-6-18(13-16)25-22(31)15-33-24-27-26-23-21-14-20(28-30(21)12-11-29(23)24)17-7-9-19(32-2)10-8-17/h4-13,20-21,23,26,28H,3,14-15H2,1-2H3,(H,25,31). The Morgan fingerprint density at radius 2 is 2.09 bits per heavy atom. The summed E-state index contributed by atoms with van der Waals surface area (Å²) in [7, 11) is 1.68. The Morgan fingerprint density at radius 3 is 2.88 bits per heavy atom. The smallest absolute Gasteiger partial charge is 0.234 e. The number of rotatable bonds is 6. The topological polar surface area (TPSA) is 81.2 Å². The summed E-state index contributed by atoms with van der Waals surface area (Å²) in [4.78, 5) is 14.6. The first-order chi connectivity index (χ1) is 16.1. The zero-order valence-electron chi connectivity index (χ0n) is 18.7. The SMILES string of the molecule is CCc1cccc(NC(=O)CSC2=NNC3C4CC(c5ccc(OC)cc5)NN4C=CN23)c1. The molecule has 2 aromatic carbocycles. The van der Waals surface area contributed by atoms with Gasteiger partial charge in [0.1, 0.15) is 11.9 Å². The Morgan fingerprint density at radius 1 is 1.24 bits per heavy atom. The van der Waals surface area contributed by atoms with Crippen LogP contribution in [0.2, 0.25) is 0 Å². The van der Waals surface area contributed by atoms with Crippen LogP contribution in [0.5, 0.6) is 5.75 Å². The van der Waals surface area contributed by atoms with Crippen LogP contribution in [0.15, 0.2) is 66.0 Å². The molecule has 2 aromatic rings. The minimum Gasteiger partial charge on any atom is -0.497 e. The van der Waals surface area contributed by atoms with Gasteiger partial charge in [-0.05, 0) is 48.2 Å². The first kappa shape index (κ1) is 21.7. The van der Waals surface area contributed by atoms with Gasteiger partial charge in [0, 0.05) is 18.1 Å². The van der Waals surface area contributed by atoms with Crippen molar-refractivity contribution in [3.05, 3.63) is 72.1 Å². The number of carbonyl (C=O) groups excluding carboxylic acids is 1. The van der Waals surface area contributed by atoms with Crippen LogP contribution in [-0.2, 0) is 11.2 Å². The number of hydrazone groups is 1. The van der Waals surface area contributed by atoms with Crippen molar-refractivity contribution >= 4 is 28.5 Å². The van der Waals surface area contributed by atoms with Crippen LogP contribution in [0, 0.1) is 0 Å². The first-order valence-electron chi connectivity index (χ1n) is 11.1. The van der Waals surface area contributed by atoms with Crippen LogP contribution in [0.3, 0.4) is 0 Å². The number of anilines is 1. The molecule has 0 aliphatic carbocycles. The van der Waals surface area contributed by atoms with Gasteiger partial charge < -0.3 is 20.0 Å². The normalized spacial score (nSPS) is 23.0. The maximum atomic E-state index is 12.5. The van der Waals surface area contributed by atoms with Crippen LogP contribution in [0.1, 0.15) is 30.5 Å². The van der Waals surface area contributed by atoms with Crippen molar-refractivity contribution in [3.8, 4) is 5.75 Å². The fraction of sp³-hybridized carbons (Fsp3) is 0.333. The molecule has 0 saturated carbocycles. The fourth-order valence-corrected chi connectivity index (χ4v) is 5.17. The molecule has 3 aliphatic rings. The van der Waals surface area contributed by atoms with Crippen molar-refractivity contribution in [2.75, 3.05) is 18.2 Å². The second-order valence-electron chi connectivity index (χ2n) is 8.23. The highest BCUT2D eigenvalue weighted by Gasteiger charge is 2.44. The number of nitrogens with zero attached hydrogens (tertiary/aromatic N) is 3. The Labute approximate surface area is 198 Å². The summed E-state index contributed by atoms with van der Waals surface area (Å²) >= 11 is 1.44. The number of aryl methyl sites for hydroxylation is 1. The summed E-state index contributed by atoms with van der Waals surface area (Å²) in [5, 5.41) is 10.5. The first-order valence-corrected chi connectivity index (χ1v) is 12.1. The number of thioether (sulfide) groups is 1. The number of methoxy groups -OCH3 is 1. The van der Waals surface area contributed by atoms with Gasteiger partial charge in [0.25, 0.3) is 0 Å². The molecule has 1 saturated heterocycles. The van der Waals surface area contributed by atoms with Crippen LogP contribution in [0.4, 0.5) is 5.69 Å². The number of amidine groups is 1. The lowest BCUT2D eigenvalue weighted by molar-refractivity contribution is -0.113. The summed E-state index contributed by atoms with van der Waals surface area (Å²) in [6, 6.07) is 16.6. The lowest BCUT2D eigenvalue weighted by Crippen LogP contribution is -2.54. The van der Waals surface area contributed by atoms with Crippen LogP contribution in [0.25, 0.3) is 0 Å². The van der Waals surface area contributed by atoms with Gasteiger partial charge in [-0.1, -0.05) is 43.0 Å². The van der Waals surface area contributed by atoms with Crippen molar-refractivity contribution in [1.29, 1.82) is 0 Å². The maximum Gasteiger partial charge on any atom is 0.234 e. The molecule has 3 unspecified atom stereocenters. The summed E-state index contributed by atoms with van der Waals surface area (Å²) < 4.78 is 5.27. The van der Waals surface area contributed by atoms with Crippen LogP contribution >= 0.6 is 11.8 Å². The van der Waals surface area contributed by atoms with Gasteiger partial charge >= 0.3 is 0 Å². The van der Waals surface area contributed by atoms with E-state index in [0.29, 0.717) is 5.75 Å². The number of ether oxygens (including phenoxy) is 1. The number of nitrogens with one attached hydrogen (secondary N) is 3. The van der Waals surface area contributed by atoms with Gasteiger partial charge in [0.2, 0.25) is 5.91 Å². The Kier molecular flexibility index (Phi) is 6.15. The van der Waals surface area contributed by atoms with Gasteiger partial charge in [0.15, 0.2) is 5.17 Å². The highest BCUT2D eigenvalue weighted by Crippen LogP contribution is 2.35. The third kappa shape index (κ3) is 4.51. The van der Waals surface area contributed by atoms with E-state index in [1.807, 2.05) is 42.7 Å².